The van der Waals surface area contributed by atoms with Crippen LogP contribution in [0.2, 0.25) is 0 Å². The Hall–Kier alpha value is -1.03. The predicted octanol–water partition coefficient (Wildman–Crippen LogP) is 4.03. The Morgan fingerprint density at radius 2 is 1.95 bits per heavy atom. The van der Waals surface area contributed by atoms with Crippen molar-refractivity contribution in [2.45, 2.75) is 44.3 Å². The van der Waals surface area contributed by atoms with Crippen LogP contribution in [-0.2, 0) is 12.6 Å². The van der Waals surface area contributed by atoms with E-state index in [0.29, 0.717) is 23.9 Å². The molecular formula is C16H20F3N. The second kappa shape index (κ2) is 5.40. The maximum atomic E-state index is 12.9. The quantitative estimate of drug-likeness (QED) is 0.883. The summed E-state index contributed by atoms with van der Waals surface area (Å²) < 4.78 is 38.8. The van der Waals surface area contributed by atoms with E-state index in [0.717, 1.165) is 18.9 Å². The fourth-order valence-electron chi connectivity index (χ4n) is 3.94. The summed E-state index contributed by atoms with van der Waals surface area (Å²) in [6.07, 6.45) is 0.892. The number of hydrogen-bond donors (Lipinski definition) is 1. The van der Waals surface area contributed by atoms with Gasteiger partial charge < -0.3 is 5.32 Å². The van der Waals surface area contributed by atoms with Crippen LogP contribution in [0.25, 0.3) is 0 Å². The fourth-order valence-corrected chi connectivity index (χ4v) is 3.94. The zero-order valence-electron chi connectivity index (χ0n) is 11.4. The molecule has 3 unspecified atom stereocenters. The molecule has 20 heavy (non-hydrogen) atoms. The van der Waals surface area contributed by atoms with Crippen LogP contribution in [0.3, 0.4) is 0 Å². The molecule has 1 heterocycles. The SMILES string of the molecule is FC(F)(F)c1ccccc1CCC1NCC2CCCC21. The summed E-state index contributed by atoms with van der Waals surface area (Å²) in [6.45, 7) is 1.05. The minimum atomic E-state index is -4.24. The van der Waals surface area contributed by atoms with E-state index in [2.05, 4.69) is 5.32 Å². The number of aryl methyl sites for hydroxylation is 1. The van der Waals surface area contributed by atoms with Crippen molar-refractivity contribution in [1.29, 1.82) is 0 Å². The van der Waals surface area contributed by atoms with E-state index in [-0.39, 0.29) is 0 Å². The molecule has 4 heteroatoms. The second-order valence-electron chi connectivity index (χ2n) is 6.06. The summed E-state index contributed by atoms with van der Waals surface area (Å²) in [5.74, 6) is 1.45. The summed E-state index contributed by atoms with van der Waals surface area (Å²) in [5, 5.41) is 3.51. The average molecular weight is 283 g/mol. The third-order valence-electron chi connectivity index (χ3n) is 4.92. The Labute approximate surface area is 117 Å². The average Bonchev–Trinajstić information content (AvgIpc) is 2.99. The molecule has 1 saturated heterocycles. The molecule has 1 saturated carbocycles. The van der Waals surface area contributed by atoms with Crippen LogP contribution in [-0.4, -0.2) is 12.6 Å². The predicted molar refractivity (Wildman–Crippen MR) is 72.4 cm³/mol. The number of benzene rings is 1. The molecule has 1 N–H and O–H groups in total. The van der Waals surface area contributed by atoms with Gasteiger partial charge in [0.05, 0.1) is 5.56 Å². The molecule has 0 spiro atoms. The Balaban J connectivity index is 1.67. The highest BCUT2D eigenvalue weighted by Gasteiger charge is 2.39. The molecule has 1 aromatic rings. The number of rotatable bonds is 3. The van der Waals surface area contributed by atoms with Crippen molar-refractivity contribution in [3.05, 3.63) is 35.4 Å². The van der Waals surface area contributed by atoms with E-state index in [1.807, 2.05) is 0 Å². The maximum absolute atomic E-state index is 12.9. The van der Waals surface area contributed by atoms with E-state index in [4.69, 9.17) is 0 Å². The molecule has 1 aromatic carbocycles. The van der Waals surface area contributed by atoms with Crippen LogP contribution in [0.15, 0.2) is 24.3 Å². The third kappa shape index (κ3) is 2.71. The first kappa shape index (κ1) is 13.9. The van der Waals surface area contributed by atoms with E-state index in [1.165, 1.54) is 31.4 Å². The van der Waals surface area contributed by atoms with Crippen LogP contribution >= 0.6 is 0 Å². The molecule has 2 fully saturated rings. The minimum absolute atomic E-state index is 0.406. The molecule has 1 aliphatic carbocycles. The lowest BCUT2D eigenvalue weighted by molar-refractivity contribution is -0.138. The minimum Gasteiger partial charge on any atom is -0.313 e. The Kier molecular flexibility index (Phi) is 3.76. The van der Waals surface area contributed by atoms with Crippen LogP contribution < -0.4 is 5.32 Å². The fraction of sp³-hybridized carbons (Fsp3) is 0.625. The van der Waals surface area contributed by atoms with Gasteiger partial charge in [-0.2, -0.15) is 13.2 Å². The molecule has 3 atom stereocenters. The van der Waals surface area contributed by atoms with Gasteiger partial charge in [0, 0.05) is 6.04 Å². The van der Waals surface area contributed by atoms with Crippen molar-refractivity contribution in [2.24, 2.45) is 11.8 Å². The zero-order chi connectivity index (χ0) is 14.2. The van der Waals surface area contributed by atoms with Crippen molar-refractivity contribution in [2.75, 3.05) is 6.54 Å². The van der Waals surface area contributed by atoms with Crippen molar-refractivity contribution in [3.8, 4) is 0 Å². The molecule has 0 aromatic heterocycles. The standard InChI is InChI=1S/C16H20F3N/c17-16(18,19)14-7-2-1-4-11(14)8-9-15-13-6-3-5-12(13)10-20-15/h1-2,4,7,12-13,15,20H,3,5-6,8-10H2. The summed E-state index contributed by atoms with van der Waals surface area (Å²) in [7, 11) is 0. The smallest absolute Gasteiger partial charge is 0.313 e. The van der Waals surface area contributed by atoms with Gasteiger partial charge in [0.15, 0.2) is 0 Å². The highest BCUT2D eigenvalue weighted by molar-refractivity contribution is 5.29. The number of halogens is 3. The number of alkyl halides is 3. The van der Waals surface area contributed by atoms with E-state index >= 15 is 0 Å². The summed E-state index contributed by atoms with van der Waals surface area (Å²) in [6, 6.07) is 6.38. The molecule has 2 aliphatic rings. The van der Waals surface area contributed by atoms with Gasteiger partial charge in [0.1, 0.15) is 0 Å². The van der Waals surface area contributed by atoms with E-state index in [1.54, 1.807) is 12.1 Å². The van der Waals surface area contributed by atoms with Crippen LogP contribution in [0.4, 0.5) is 13.2 Å². The topological polar surface area (TPSA) is 12.0 Å². The van der Waals surface area contributed by atoms with Gasteiger partial charge in [-0.15, -0.1) is 0 Å². The highest BCUT2D eigenvalue weighted by Crippen LogP contribution is 2.39. The lowest BCUT2D eigenvalue weighted by atomic mass is 9.89. The lowest BCUT2D eigenvalue weighted by Crippen LogP contribution is -2.27. The summed E-state index contributed by atoms with van der Waals surface area (Å²) in [4.78, 5) is 0. The lowest BCUT2D eigenvalue weighted by Gasteiger charge is -2.19. The molecule has 1 nitrogen and oxygen atoms in total. The molecule has 1 aliphatic heterocycles. The Morgan fingerprint density at radius 1 is 1.15 bits per heavy atom. The van der Waals surface area contributed by atoms with Gasteiger partial charge in [-0.3, -0.25) is 0 Å². The van der Waals surface area contributed by atoms with Crippen LogP contribution in [0.5, 0.6) is 0 Å². The van der Waals surface area contributed by atoms with Gasteiger partial charge >= 0.3 is 6.18 Å². The maximum Gasteiger partial charge on any atom is 0.416 e. The molecule has 0 amide bonds. The first-order chi connectivity index (χ1) is 9.55. The van der Waals surface area contributed by atoms with Gasteiger partial charge in [-0.25, -0.2) is 0 Å². The van der Waals surface area contributed by atoms with Crippen molar-refractivity contribution in [3.63, 3.8) is 0 Å². The van der Waals surface area contributed by atoms with Crippen molar-refractivity contribution in [1.82, 2.24) is 5.32 Å². The molecular weight excluding hydrogens is 263 g/mol. The third-order valence-corrected chi connectivity index (χ3v) is 4.92. The summed E-state index contributed by atoms with van der Waals surface area (Å²) >= 11 is 0. The van der Waals surface area contributed by atoms with Gasteiger partial charge in [0.25, 0.3) is 0 Å². The first-order valence-corrected chi connectivity index (χ1v) is 7.44. The van der Waals surface area contributed by atoms with Gasteiger partial charge in [-0.05, 0) is 55.7 Å². The molecule has 3 rings (SSSR count). The first-order valence-electron chi connectivity index (χ1n) is 7.44. The molecule has 0 radical (unpaired) electrons. The van der Waals surface area contributed by atoms with Crippen molar-refractivity contribution >= 4 is 0 Å². The number of fused-ring (bicyclic) bond motifs is 1. The van der Waals surface area contributed by atoms with Gasteiger partial charge in [-0.1, -0.05) is 24.6 Å². The van der Waals surface area contributed by atoms with Crippen molar-refractivity contribution < 1.29 is 13.2 Å². The highest BCUT2D eigenvalue weighted by atomic mass is 19.4. The zero-order valence-corrected chi connectivity index (χ0v) is 11.4. The van der Waals surface area contributed by atoms with E-state index in [9.17, 15) is 13.2 Å². The summed E-state index contributed by atoms with van der Waals surface area (Å²) in [5.41, 5.74) is -0.0378. The monoisotopic (exact) mass is 283 g/mol. The largest absolute Gasteiger partial charge is 0.416 e. The molecule has 110 valence electrons. The number of hydrogen-bond acceptors (Lipinski definition) is 1. The van der Waals surface area contributed by atoms with Crippen LogP contribution in [0.1, 0.15) is 36.8 Å². The second-order valence-corrected chi connectivity index (χ2v) is 6.06. The number of nitrogens with one attached hydrogen (secondary N) is 1. The Bertz CT molecular complexity index is 469. The van der Waals surface area contributed by atoms with Gasteiger partial charge in [0.2, 0.25) is 0 Å². The van der Waals surface area contributed by atoms with Crippen LogP contribution in [0, 0.1) is 11.8 Å². The Morgan fingerprint density at radius 3 is 2.75 bits per heavy atom. The normalized spacial score (nSPS) is 29.6. The molecule has 0 bridgehead atoms. The van der Waals surface area contributed by atoms with E-state index < -0.39 is 11.7 Å².